The third-order valence-electron chi connectivity index (χ3n) is 5.01. The first kappa shape index (κ1) is 20.7. The number of thiazole rings is 1. The molecule has 12 heteroatoms. The smallest absolute Gasteiger partial charge is 0.323 e. The Morgan fingerprint density at radius 1 is 1.22 bits per heavy atom. The van der Waals surface area contributed by atoms with Crippen LogP contribution in [-0.4, -0.2) is 42.6 Å². The zero-order chi connectivity index (χ0) is 22.1. The van der Waals surface area contributed by atoms with E-state index in [-0.39, 0.29) is 6.10 Å². The van der Waals surface area contributed by atoms with Crippen LogP contribution in [0.2, 0.25) is 5.02 Å². The topological polar surface area (TPSA) is 120 Å². The summed E-state index contributed by atoms with van der Waals surface area (Å²) in [6, 6.07) is 1.14. The molecule has 4 aromatic heterocycles. The summed E-state index contributed by atoms with van der Waals surface area (Å²) in [6.07, 6.45) is 9.02. The van der Waals surface area contributed by atoms with Gasteiger partial charge < -0.3 is 15.4 Å². The molecule has 2 amide bonds. The van der Waals surface area contributed by atoms with Crippen molar-refractivity contribution in [2.24, 2.45) is 0 Å². The number of carbonyl (C=O) groups excluding carboxylic acids is 1. The molecule has 32 heavy (non-hydrogen) atoms. The summed E-state index contributed by atoms with van der Waals surface area (Å²) < 4.78 is 6.01. The number of aromatic nitrogens is 6. The lowest BCUT2D eigenvalue weighted by atomic mass is 10.00. The summed E-state index contributed by atoms with van der Waals surface area (Å²) in [4.78, 5) is 28.3. The average molecular weight is 471 g/mol. The Kier molecular flexibility index (Phi) is 5.68. The number of aryl methyl sites for hydroxylation is 1. The van der Waals surface area contributed by atoms with E-state index in [1.807, 2.05) is 6.92 Å². The average Bonchev–Trinajstić information content (AvgIpc) is 3.43. The molecule has 0 bridgehead atoms. The number of nitrogens with one attached hydrogen (secondary N) is 2. The van der Waals surface area contributed by atoms with Gasteiger partial charge in [0.25, 0.3) is 0 Å². The van der Waals surface area contributed by atoms with Crippen molar-refractivity contribution < 1.29 is 9.53 Å². The van der Waals surface area contributed by atoms with Crippen LogP contribution in [-0.2, 0) is 4.74 Å². The number of nitrogens with zero attached hydrogens (tertiary/aromatic N) is 6. The van der Waals surface area contributed by atoms with E-state index in [0.29, 0.717) is 28.8 Å². The van der Waals surface area contributed by atoms with Crippen LogP contribution >= 0.6 is 22.9 Å². The summed E-state index contributed by atoms with van der Waals surface area (Å²) in [6.45, 7) is 2.63. The molecule has 10 nitrogen and oxygen atoms in total. The van der Waals surface area contributed by atoms with E-state index in [2.05, 4.69) is 35.8 Å². The summed E-state index contributed by atoms with van der Waals surface area (Å²) in [7, 11) is 0. The first-order valence-corrected chi connectivity index (χ1v) is 11.3. The van der Waals surface area contributed by atoms with Crippen molar-refractivity contribution in [1.82, 2.24) is 29.9 Å². The zero-order valence-electron chi connectivity index (χ0n) is 17.1. The molecule has 5 heterocycles. The van der Waals surface area contributed by atoms with Gasteiger partial charge in [0.15, 0.2) is 5.82 Å². The Hall–Kier alpha value is -3.15. The van der Waals surface area contributed by atoms with Gasteiger partial charge in [-0.25, -0.2) is 19.7 Å². The second kappa shape index (κ2) is 8.77. The van der Waals surface area contributed by atoms with Crippen molar-refractivity contribution in [1.29, 1.82) is 0 Å². The highest BCUT2D eigenvalue weighted by atomic mass is 35.5. The number of anilines is 2. The standard InChI is InChI=1S/C20H19ClN8O2S/c1-11-26-17-16(15-4-2-3-7-31-15)14(10-23-19(17)32-11)28-20(30)27-12-8-13(21)18(22-9-12)29-24-5-6-25-29/h5-6,8-10,15H,2-4,7H2,1H3,(H2,27,28,30). The lowest BCUT2D eigenvalue weighted by Gasteiger charge is -2.25. The number of fused-ring (bicyclic) bond motifs is 1. The maximum Gasteiger partial charge on any atom is 0.323 e. The van der Waals surface area contributed by atoms with Crippen molar-refractivity contribution in [3.05, 3.63) is 46.4 Å². The third-order valence-corrected chi connectivity index (χ3v) is 6.17. The minimum atomic E-state index is -0.446. The molecule has 1 fully saturated rings. The van der Waals surface area contributed by atoms with E-state index in [1.54, 1.807) is 12.3 Å². The zero-order valence-corrected chi connectivity index (χ0v) is 18.7. The van der Waals surface area contributed by atoms with Gasteiger partial charge in [0.1, 0.15) is 10.3 Å². The van der Waals surface area contributed by atoms with E-state index in [0.717, 1.165) is 40.2 Å². The molecule has 5 rings (SSSR count). The maximum atomic E-state index is 12.8. The molecule has 1 atom stereocenters. The first-order chi connectivity index (χ1) is 15.6. The molecule has 1 unspecified atom stereocenters. The summed E-state index contributed by atoms with van der Waals surface area (Å²) in [5.41, 5.74) is 2.64. The molecule has 2 N–H and O–H groups in total. The quantitative estimate of drug-likeness (QED) is 0.450. The lowest BCUT2D eigenvalue weighted by molar-refractivity contribution is 0.0161. The van der Waals surface area contributed by atoms with Gasteiger partial charge in [-0.1, -0.05) is 22.9 Å². The van der Waals surface area contributed by atoms with E-state index in [4.69, 9.17) is 16.3 Å². The minimum Gasteiger partial charge on any atom is -0.373 e. The van der Waals surface area contributed by atoms with Gasteiger partial charge in [-0.05, 0) is 32.3 Å². The highest BCUT2D eigenvalue weighted by molar-refractivity contribution is 7.18. The number of carbonyl (C=O) groups is 1. The minimum absolute atomic E-state index is 0.136. The van der Waals surface area contributed by atoms with Crippen LogP contribution in [0.25, 0.3) is 16.2 Å². The SMILES string of the molecule is Cc1nc2c(C3CCCCO3)c(NC(=O)Nc3cnc(-n4nccn4)c(Cl)c3)cnc2s1. The number of rotatable bonds is 4. The Morgan fingerprint density at radius 3 is 2.81 bits per heavy atom. The van der Waals surface area contributed by atoms with Gasteiger partial charge in [0, 0.05) is 12.2 Å². The van der Waals surface area contributed by atoms with Crippen LogP contribution < -0.4 is 10.6 Å². The van der Waals surface area contributed by atoms with Crippen molar-refractivity contribution in [3.8, 4) is 5.82 Å². The predicted molar refractivity (Wildman–Crippen MR) is 122 cm³/mol. The van der Waals surface area contributed by atoms with Crippen LogP contribution in [0.4, 0.5) is 16.2 Å². The molecule has 4 aromatic rings. The lowest BCUT2D eigenvalue weighted by Crippen LogP contribution is -2.22. The Balaban J connectivity index is 1.39. The summed E-state index contributed by atoms with van der Waals surface area (Å²) in [5.74, 6) is 0.368. The van der Waals surface area contributed by atoms with Crippen LogP contribution in [0.1, 0.15) is 35.9 Å². The fourth-order valence-corrected chi connectivity index (χ4v) is 4.67. The molecule has 0 spiro atoms. The normalized spacial score (nSPS) is 16.2. The molecule has 0 aliphatic carbocycles. The second-order valence-electron chi connectivity index (χ2n) is 7.25. The Bertz CT molecular complexity index is 1270. The molecular weight excluding hydrogens is 452 g/mol. The van der Waals surface area contributed by atoms with Crippen LogP contribution in [0.15, 0.2) is 30.9 Å². The molecule has 1 saturated heterocycles. The van der Waals surface area contributed by atoms with Gasteiger partial charge in [0.05, 0.1) is 52.3 Å². The number of amides is 2. The third kappa shape index (κ3) is 4.14. The predicted octanol–water partition coefficient (Wildman–Crippen LogP) is 4.51. The molecular formula is C20H19ClN8O2S. The van der Waals surface area contributed by atoms with Gasteiger partial charge >= 0.3 is 6.03 Å². The number of ether oxygens (including phenoxy) is 1. The summed E-state index contributed by atoms with van der Waals surface area (Å²) in [5, 5.41) is 14.9. The highest BCUT2D eigenvalue weighted by Crippen LogP contribution is 2.38. The van der Waals surface area contributed by atoms with Gasteiger partial charge in [-0.15, -0.1) is 4.80 Å². The van der Waals surface area contributed by atoms with Gasteiger partial charge in [-0.2, -0.15) is 10.2 Å². The van der Waals surface area contributed by atoms with Crippen molar-refractivity contribution in [3.63, 3.8) is 0 Å². The van der Waals surface area contributed by atoms with Crippen LogP contribution in [0, 0.1) is 6.92 Å². The van der Waals surface area contributed by atoms with Crippen LogP contribution in [0.5, 0.6) is 0 Å². The largest absolute Gasteiger partial charge is 0.373 e. The number of halogens is 1. The monoisotopic (exact) mass is 470 g/mol. The fourth-order valence-electron chi connectivity index (χ4n) is 3.65. The number of hydrogen-bond acceptors (Lipinski definition) is 8. The van der Waals surface area contributed by atoms with Crippen LogP contribution in [0.3, 0.4) is 0 Å². The van der Waals surface area contributed by atoms with E-state index < -0.39 is 6.03 Å². The summed E-state index contributed by atoms with van der Waals surface area (Å²) >= 11 is 7.81. The maximum absolute atomic E-state index is 12.8. The Morgan fingerprint density at radius 2 is 2.06 bits per heavy atom. The number of urea groups is 1. The number of hydrogen-bond donors (Lipinski definition) is 2. The second-order valence-corrected chi connectivity index (χ2v) is 8.84. The molecule has 0 saturated carbocycles. The number of pyridine rings is 2. The van der Waals surface area contributed by atoms with E-state index in [1.165, 1.54) is 34.7 Å². The van der Waals surface area contributed by atoms with Gasteiger partial charge in [-0.3, -0.25) is 0 Å². The Labute approximate surface area is 192 Å². The van der Waals surface area contributed by atoms with Crippen molar-refractivity contribution >= 4 is 50.7 Å². The van der Waals surface area contributed by atoms with E-state index in [9.17, 15) is 4.79 Å². The highest BCUT2D eigenvalue weighted by Gasteiger charge is 2.25. The molecule has 1 aliphatic rings. The molecule has 1 aliphatic heterocycles. The van der Waals surface area contributed by atoms with E-state index >= 15 is 0 Å². The van der Waals surface area contributed by atoms with Crippen molar-refractivity contribution in [2.75, 3.05) is 17.2 Å². The van der Waals surface area contributed by atoms with Crippen molar-refractivity contribution in [2.45, 2.75) is 32.3 Å². The first-order valence-electron chi connectivity index (χ1n) is 10.1. The molecule has 0 radical (unpaired) electrons. The van der Waals surface area contributed by atoms with Gasteiger partial charge in [0.2, 0.25) is 0 Å². The fraction of sp³-hybridized carbons (Fsp3) is 0.300. The molecule has 0 aromatic carbocycles. The molecule has 164 valence electrons.